The fourth-order valence-corrected chi connectivity index (χ4v) is 2.85. The third-order valence-corrected chi connectivity index (χ3v) is 5.63. The largest absolute Gasteiger partial charge is 4.00 e. The summed E-state index contributed by atoms with van der Waals surface area (Å²) in [6, 6.07) is 0. The quantitative estimate of drug-likeness (QED) is 0.381. The fraction of sp³-hybridized carbons (Fsp3) is 0.720. The Bertz CT molecular complexity index is 628. The van der Waals surface area contributed by atoms with Crippen LogP contribution in [0.5, 0.6) is 0 Å². The Labute approximate surface area is 227 Å². The number of amides is 3. The van der Waals surface area contributed by atoms with E-state index in [1.165, 1.54) is 31.4 Å². The Morgan fingerprint density at radius 3 is 0.914 bits per heavy atom. The van der Waals surface area contributed by atoms with Crippen LogP contribution in [-0.4, -0.2) is 72.2 Å². The minimum atomic E-state index is -1.09. The normalized spacial score (nSPS) is 12.7. The molecule has 200 valence electrons. The van der Waals surface area contributed by atoms with E-state index >= 15 is 0 Å². The summed E-state index contributed by atoms with van der Waals surface area (Å²) in [7, 11) is 0. The number of allylic oxidation sites excluding steroid dienone is 4. The Balaban J connectivity index is -0.000000183. The van der Waals surface area contributed by atoms with Crippen LogP contribution in [0.25, 0.3) is 0 Å². The summed E-state index contributed by atoms with van der Waals surface area (Å²) < 4.78 is 0. The van der Waals surface area contributed by atoms with E-state index in [0.29, 0.717) is 39.3 Å². The first-order valence-electron chi connectivity index (χ1n) is 11.8. The second-order valence-corrected chi connectivity index (χ2v) is 7.94. The zero-order valence-corrected chi connectivity index (χ0v) is 25.1. The molecule has 0 bridgehead atoms. The van der Waals surface area contributed by atoms with Crippen LogP contribution in [0, 0.1) is 11.5 Å². The van der Waals surface area contributed by atoms with Crippen LogP contribution in [0.4, 0.5) is 14.4 Å². The van der Waals surface area contributed by atoms with Gasteiger partial charge in [0.05, 0.1) is 0 Å². The summed E-state index contributed by atoms with van der Waals surface area (Å²) >= 11 is 0. The van der Waals surface area contributed by atoms with Crippen molar-refractivity contribution in [2.24, 2.45) is 5.41 Å². The Morgan fingerprint density at radius 2 is 0.886 bits per heavy atom. The third kappa shape index (κ3) is 17.1. The summed E-state index contributed by atoms with van der Waals surface area (Å²) in [5.41, 5.74) is 4.39. The van der Waals surface area contributed by atoms with Crippen LogP contribution in [-0.2, 0) is 21.7 Å². The van der Waals surface area contributed by atoms with E-state index in [2.05, 4.69) is 40.7 Å². The summed E-state index contributed by atoms with van der Waals surface area (Å²) in [5.74, 6) is 0. The van der Waals surface area contributed by atoms with Gasteiger partial charge in [-0.25, -0.2) is 5.57 Å². The molecule has 0 N–H and O–H groups in total. The van der Waals surface area contributed by atoms with Crippen molar-refractivity contribution in [3.05, 3.63) is 22.8 Å². The molecule has 0 saturated carbocycles. The predicted molar refractivity (Wildman–Crippen MR) is 130 cm³/mol. The number of hydrogen-bond donors (Lipinski definition) is 0. The molecule has 0 saturated heterocycles. The Hall–Kier alpha value is -2.00. The van der Waals surface area contributed by atoms with E-state index in [0.717, 1.165) is 0 Å². The van der Waals surface area contributed by atoms with Gasteiger partial charge in [-0.05, 0) is 41.5 Å². The van der Waals surface area contributed by atoms with E-state index < -0.39 is 18.3 Å². The molecule has 3 amide bonds. The van der Waals surface area contributed by atoms with Crippen molar-refractivity contribution in [1.29, 1.82) is 0 Å². The van der Waals surface area contributed by atoms with Crippen molar-refractivity contribution in [2.75, 3.05) is 39.3 Å². The molecule has 0 spiro atoms. The monoisotopic (exact) mass is 531 g/mol. The fourth-order valence-electron chi connectivity index (χ4n) is 2.85. The minimum absolute atomic E-state index is 0. The molecular weight excluding hydrogens is 486 g/mol. The van der Waals surface area contributed by atoms with Crippen molar-refractivity contribution in [2.45, 2.75) is 76.2 Å². The molecule has 0 unspecified atom stereocenters. The molecule has 1 rings (SSSR count). The molecule has 0 fully saturated rings. The maximum absolute atomic E-state index is 9.98. The van der Waals surface area contributed by atoms with Crippen LogP contribution >= 0.6 is 0 Å². The summed E-state index contributed by atoms with van der Waals surface area (Å²) in [6.45, 7) is 24.7. The first-order chi connectivity index (χ1) is 15.6. The average Bonchev–Trinajstić information content (AvgIpc) is 2.92. The van der Waals surface area contributed by atoms with Crippen LogP contribution in [0.3, 0.4) is 0 Å². The molecule has 0 heterocycles. The molecule has 0 radical (unpaired) electrons. The second kappa shape index (κ2) is 21.3. The first-order valence-corrected chi connectivity index (χ1v) is 11.8. The molecule has 1 aliphatic rings. The zero-order valence-electron chi connectivity index (χ0n) is 23.5. The van der Waals surface area contributed by atoms with Crippen LogP contribution in [0.2, 0.25) is 0 Å². The third-order valence-electron chi connectivity index (χ3n) is 5.63. The zero-order chi connectivity index (χ0) is 27.6. The van der Waals surface area contributed by atoms with Gasteiger partial charge >= 0.3 is 21.7 Å². The number of rotatable bonds is 6. The van der Waals surface area contributed by atoms with Gasteiger partial charge in [-0.2, -0.15) is 11.1 Å². The number of carbonyl (C=O) groups is 3. The Kier molecular flexibility index (Phi) is 24.5. The average molecular weight is 532 g/mol. The van der Waals surface area contributed by atoms with Gasteiger partial charge in [0.2, 0.25) is 0 Å². The topological polar surface area (TPSA) is 130 Å². The number of carboxylic acid groups (broad SMARTS) is 3. The first kappa shape index (κ1) is 40.2. The maximum atomic E-state index is 9.98. The molecular formula is C25H45N3O6Ti. The van der Waals surface area contributed by atoms with Gasteiger partial charge in [-0.3, -0.25) is 6.08 Å². The molecule has 35 heavy (non-hydrogen) atoms. The van der Waals surface area contributed by atoms with Gasteiger partial charge in [-0.15, -0.1) is 6.92 Å². The van der Waals surface area contributed by atoms with Crippen LogP contribution in [0.1, 0.15) is 76.2 Å². The number of nitrogens with zero attached hydrogens (tertiary/aromatic N) is 3. The van der Waals surface area contributed by atoms with Gasteiger partial charge in [-0.1, -0.05) is 33.1 Å². The summed E-state index contributed by atoms with van der Waals surface area (Å²) in [5, 5.41) is 29.9. The molecule has 10 heteroatoms. The Morgan fingerprint density at radius 1 is 0.657 bits per heavy atom. The van der Waals surface area contributed by atoms with Gasteiger partial charge < -0.3 is 44.4 Å². The van der Waals surface area contributed by atoms with E-state index in [-0.39, 0.29) is 27.1 Å². The van der Waals surface area contributed by atoms with Gasteiger partial charge in [0.1, 0.15) is 18.3 Å². The number of carbonyl (C=O) groups excluding carboxylic acids is 3. The van der Waals surface area contributed by atoms with E-state index in [1.54, 1.807) is 41.5 Å². The van der Waals surface area contributed by atoms with E-state index in [4.69, 9.17) is 0 Å². The van der Waals surface area contributed by atoms with E-state index in [9.17, 15) is 29.7 Å². The molecule has 0 aromatic rings. The van der Waals surface area contributed by atoms with Crippen molar-refractivity contribution < 1.29 is 51.4 Å². The van der Waals surface area contributed by atoms with Crippen molar-refractivity contribution in [3.8, 4) is 0 Å². The van der Waals surface area contributed by atoms with Crippen molar-refractivity contribution in [1.82, 2.24) is 14.7 Å². The second-order valence-electron chi connectivity index (χ2n) is 7.94. The predicted octanol–water partition coefficient (Wildman–Crippen LogP) is 2.12. The molecule has 9 nitrogen and oxygen atoms in total. The van der Waals surface area contributed by atoms with Gasteiger partial charge in [0.15, 0.2) is 0 Å². The van der Waals surface area contributed by atoms with Gasteiger partial charge in [0.25, 0.3) is 0 Å². The summed E-state index contributed by atoms with van der Waals surface area (Å²) in [4.78, 5) is 33.6. The maximum Gasteiger partial charge on any atom is 4.00 e. The summed E-state index contributed by atoms with van der Waals surface area (Å²) in [6.07, 6.45) is 0.171. The smallest absolute Gasteiger partial charge is 0.530 e. The standard InChI is InChI=1S/C10H15.3C5H11NO2.Ti/c1-7-6-10(4,5)9(3)8(7)2;3*1-3-6(4-2)5(7)8;/h1-5H3;3*3-4H2,1-2H3,(H,7,8);/q-1;;;;+4/p-3. The number of hydrogen-bond acceptors (Lipinski definition) is 6. The molecule has 0 aliphatic heterocycles. The van der Waals surface area contributed by atoms with Crippen LogP contribution < -0.4 is 15.3 Å². The molecule has 0 aromatic heterocycles. The molecule has 0 atom stereocenters. The van der Waals surface area contributed by atoms with Crippen molar-refractivity contribution >= 4 is 18.3 Å². The molecule has 1 aliphatic carbocycles. The molecule has 0 aromatic carbocycles. The minimum Gasteiger partial charge on any atom is -0.530 e. The van der Waals surface area contributed by atoms with Crippen LogP contribution in [0.15, 0.2) is 16.7 Å². The van der Waals surface area contributed by atoms with Crippen molar-refractivity contribution in [3.63, 3.8) is 0 Å². The SMILES string of the molecule is CC1=[C-]C(C)(C)C(C)=C1C.CCN(CC)C(=O)[O-].CCN(CC)C(=O)[O-].CCN(CC)C(=O)[O-].[Ti+4]. The van der Waals surface area contributed by atoms with Gasteiger partial charge in [0, 0.05) is 39.3 Å². The van der Waals surface area contributed by atoms with E-state index in [1.807, 2.05) is 0 Å².